The van der Waals surface area contributed by atoms with Gasteiger partial charge in [-0.2, -0.15) is 0 Å². The molecule has 0 aliphatic carbocycles. The van der Waals surface area contributed by atoms with Crippen LogP contribution in [0.15, 0.2) is 17.5 Å². The van der Waals surface area contributed by atoms with Crippen LogP contribution in [0.4, 0.5) is 0 Å². The topological polar surface area (TPSA) is 80.0 Å². The van der Waals surface area contributed by atoms with Crippen molar-refractivity contribution in [2.45, 2.75) is 32.9 Å². The molecule has 2 aromatic rings. The quantitative estimate of drug-likeness (QED) is 0.797. The molecule has 2 heterocycles. The molecule has 0 unspecified atom stereocenters. The van der Waals surface area contributed by atoms with E-state index in [1.54, 1.807) is 16.0 Å². The molecule has 0 radical (unpaired) electrons. The van der Waals surface area contributed by atoms with Crippen molar-refractivity contribution in [1.82, 2.24) is 20.3 Å². The summed E-state index contributed by atoms with van der Waals surface area (Å²) in [6.07, 6.45) is 1.52. The highest BCUT2D eigenvalue weighted by molar-refractivity contribution is 7.09. The lowest BCUT2D eigenvalue weighted by molar-refractivity contribution is -0.121. The van der Waals surface area contributed by atoms with E-state index in [4.69, 9.17) is 0 Å². The minimum Gasteiger partial charge on any atom is -0.390 e. The largest absolute Gasteiger partial charge is 0.390 e. The number of nitrogens with zero attached hydrogens (tertiary/aromatic N) is 3. The highest BCUT2D eigenvalue weighted by atomic mass is 32.1. The average molecular weight is 294 g/mol. The number of hydrogen-bond donors (Lipinski definition) is 2. The Morgan fingerprint density at radius 3 is 3.05 bits per heavy atom. The Labute approximate surface area is 121 Å². The number of aliphatic hydroxyl groups excluding tert-OH is 1. The van der Waals surface area contributed by atoms with E-state index in [0.717, 1.165) is 17.0 Å². The van der Waals surface area contributed by atoms with E-state index in [1.165, 1.54) is 0 Å². The van der Waals surface area contributed by atoms with Gasteiger partial charge in [0.1, 0.15) is 12.2 Å². The lowest BCUT2D eigenvalue weighted by Crippen LogP contribution is -2.29. The normalized spacial score (nSPS) is 10.7. The van der Waals surface area contributed by atoms with E-state index in [0.29, 0.717) is 18.7 Å². The van der Waals surface area contributed by atoms with Gasteiger partial charge in [-0.1, -0.05) is 18.2 Å². The fraction of sp³-hybridized carbons (Fsp3) is 0.462. The maximum atomic E-state index is 11.8. The molecule has 1 amide bonds. The minimum atomic E-state index is -0.169. The SMILES string of the molecule is CCCNC(=O)Cn1nnc(CO)c1Cc1cccs1. The van der Waals surface area contributed by atoms with Crippen molar-refractivity contribution in [3.63, 3.8) is 0 Å². The van der Waals surface area contributed by atoms with Crippen LogP contribution in [0.3, 0.4) is 0 Å². The number of carbonyl (C=O) groups is 1. The maximum Gasteiger partial charge on any atom is 0.241 e. The summed E-state index contributed by atoms with van der Waals surface area (Å²) >= 11 is 1.63. The van der Waals surface area contributed by atoms with Crippen LogP contribution in [0.1, 0.15) is 29.6 Å². The van der Waals surface area contributed by atoms with Gasteiger partial charge in [-0.25, -0.2) is 4.68 Å². The smallest absolute Gasteiger partial charge is 0.241 e. The van der Waals surface area contributed by atoms with Gasteiger partial charge in [0.25, 0.3) is 0 Å². The zero-order valence-corrected chi connectivity index (χ0v) is 12.2. The Balaban J connectivity index is 2.12. The number of hydrogen-bond acceptors (Lipinski definition) is 5. The molecule has 0 bridgehead atoms. The zero-order chi connectivity index (χ0) is 14.4. The van der Waals surface area contributed by atoms with Crippen molar-refractivity contribution in [3.8, 4) is 0 Å². The number of aromatic nitrogens is 3. The maximum absolute atomic E-state index is 11.8. The van der Waals surface area contributed by atoms with Crippen molar-refractivity contribution in [1.29, 1.82) is 0 Å². The third-order valence-electron chi connectivity index (χ3n) is 2.86. The van der Waals surface area contributed by atoms with Crippen LogP contribution in [-0.4, -0.2) is 32.6 Å². The lowest BCUT2D eigenvalue weighted by atomic mass is 10.2. The second kappa shape index (κ2) is 7.16. The Kier molecular flexibility index (Phi) is 5.25. The van der Waals surface area contributed by atoms with Gasteiger partial charge in [0.15, 0.2) is 0 Å². The van der Waals surface area contributed by atoms with Crippen molar-refractivity contribution >= 4 is 17.2 Å². The lowest BCUT2D eigenvalue weighted by Gasteiger charge is -2.07. The van der Waals surface area contributed by atoms with Gasteiger partial charge in [0.05, 0.1) is 12.3 Å². The van der Waals surface area contributed by atoms with E-state index in [-0.39, 0.29) is 19.1 Å². The molecule has 0 saturated carbocycles. The fourth-order valence-electron chi connectivity index (χ4n) is 1.85. The fourth-order valence-corrected chi connectivity index (χ4v) is 2.56. The molecular weight excluding hydrogens is 276 g/mol. The first kappa shape index (κ1) is 14.7. The highest BCUT2D eigenvalue weighted by Gasteiger charge is 2.15. The number of aliphatic hydroxyl groups is 1. The summed E-state index contributed by atoms with van der Waals surface area (Å²) < 4.78 is 1.57. The van der Waals surface area contributed by atoms with Crippen LogP contribution in [-0.2, 0) is 24.4 Å². The summed E-state index contributed by atoms with van der Waals surface area (Å²) in [5, 5.41) is 22.0. The van der Waals surface area contributed by atoms with E-state index in [2.05, 4.69) is 15.6 Å². The molecule has 0 aliphatic rings. The first-order valence-electron chi connectivity index (χ1n) is 6.55. The molecular formula is C13H18N4O2S. The molecule has 0 fully saturated rings. The molecule has 0 aliphatic heterocycles. The summed E-state index contributed by atoms with van der Waals surface area (Å²) in [5.74, 6) is -0.0892. The molecule has 2 N–H and O–H groups in total. The Hall–Kier alpha value is -1.73. The van der Waals surface area contributed by atoms with Crippen LogP contribution >= 0.6 is 11.3 Å². The standard InChI is InChI=1S/C13H18N4O2S/c1-2-5-14-13(19)8-17-12(11(9-18)15-16-17)7-10-4-3-6-20-10/h3-4,6,18H,2,5,7-9H2,1H3,(H,14,19). The molecule has 0 atom stereocenters. The van der Waals surface area contributed by atoms with Gasteiger partial charge >= 0.3 is 0 Å². The zero-order valence-electron chi connectivity index (χ0n) is 11.4. The van der Waals surface area contributed by atoms with E-state index < -0.39 is 0 Å². The molecule has 0 spiro atoms. The van der Waals surface area contributed by atoms with Crippen LogP contribution in [0.25, 0.3) is 0 Å². The Morgan fingerprint density at radius 2 is 2.40 bits per heavy atom. The van der Waals surface area contributed by atoms with Crippen molar-refractivity contribution in [2.75, 3.05) is 6.54 Å². The summed E-state index contributed by atoms with van der Waals surface area (Å²) in [7, 11) is 0. The summed E-state index contributed by atoms with van der Waals surface area (Å²) in [6, 6.07) is 3.99. The second-order valence-electron chi connectivity index (χ2n) is 4.40. The Bertz CT molecular complexity index is 551. The molecule has 2 aromatic heterocycles. The molecule has 0 aromatic carbocycles. The van der Waals surface area contributed by atoms with Gasteiger partial charge < -0.3 is 10.4 Å². The van der Waals surface area contributed by atoms with Gasteiger partial charge in [0.2, 0.25) is 5.91 Å². The average Bonchev–Trinajstić information content (AvgIpc) is 3.08. The van der Waals surface area contributed by atoms with Gasteiger partial charge in [0, 0.05) is 17.8 Å². The number of nitrogens with one attached hydrogen (secondary N) is 1. The highest BCUT2D eigenvalue weighted by Crippen LogP contribution is 2.16. The monoisotopic (exact) mass is 294 g/mol. The molecule has 108 valence electrons. The van der Waals surface area contributed by atoms with E-state index >= 15 is 0 Å². The van der Waals surface area contributed by atoms with E-state index in [1.807, 2.05) is 24.4 Å². The molecule has 7 heteroatoms. The third-order valence-corrected chi connectivity index (χ3v) is 3.73. The van der Waals surface area contributed by atoms with Crippen molar-refractivity contribution in [3.05, 3.63) is 33.8 Å². The van der Waals surface area contributed by atoms with E-state index in [9.17, 15) is 9.90 Å². The van der Waals surface area contributed by atoms with Gasteiger partial charge in [-0.3, -0.25) is 4.79 Å². The summed E-state index contributed by atoms with van der Waals surface area (Å²) in [5.41, 5.74) is 1.32. The van der Waals surface area contributed by atoms with Crippen LogP contribution in [0.2, 0.25) is 0 Å². The molecule has 2 rings (SSSR count). The van der Waals surface area contributed by atoms with Crippen LogP contribution in [0, 0.1) is 0 Å². The summed E-state index contributed by atoms with van der Waals surface area (Å²) in [4.78, 5) is 12.9. The van der Waals surface area contributed by atoms with Gasteiger partial charge in [-0.05, 0) is 17.9 Å². The number of carbonyl (C=O) groups excluding carboxylic acids is 1. The molecule has 0 saturated heterocycles. The van der Waals surface area contributed by atoms with Gasteiger partial charge in [-0.15, -0.1) is 16.4 Å². The first-order chi connectivity index (χ1) is 9.74. The predicted molar refractivity (Wildman–Crippen MR) is 76.4 cm³/mol. The number of amides is 1. The van der Waals surface area contributed by atoms with Crippen molar-refractivity contribution in [2.24, 2.45) is 0 Å². The number of thiophene rings is 1. The minimum absolute atomic E-state index is 0.0892. The second-order valence-corrected chi connectivity index (χ2v) is 5.44. The predicted octanol–water partition coefficient (Wildman–Crippen LogP) is 0.949. The number of rotatable bonds is 7. The third kappa shape index (κ3) is 3.64. The van der Waals surface area contributed by atoms with Crippen molar-refractivity contribution < 1.29 is 9.90 Å². The first-order valence-corrected chi connectivity index (χ1v) is 7.43. The van der Waals surface area contributed by atoms with Crippen LogP contribution in [0.5, 0.6) is 0 Å². The van der Waals surface area contributed by atoms with Crippen LogP contribution < -0.4 is 5.32 Å². The molecule has 20 heavy (non-hydrogen) atoms. The summed E-state index contributed by atoms with van der Waals surface area (Å²) in [6.45, 7) is 2.62. The Morgan fingerprint density at radius 1 is 1.55 bits per heavy atom. The molecule has 6 nitrogen and oxygen atoms in total.